The van der Waals surface area contributed by atoms with E-state index in [-0.39, 0.29) is 17.5 Å². The number of aromatic nitrogens is 1. The van der Waals surface area contributed by atoms with E-state index >= 15 is 0 Å². The summed E-state index contributed by atoms with van der Waals surface area (Å²) >= 11 is 0. The zero-order chi connectivity index (χ0) is 17.5. The fraction of sp³-hybridized carbons (Fsp3) is 0.611. The number of amides is 2. The van der Waals surface area contributed by atoms with Crippen LogP contribution in [-0.2, 0) is 11.2 Å². The highest BCUT2D eigenvalue weighted by atomic mass is 16.2. The molecule has 0 aliphatic heterocycles. The Labute approximate surface area is 142 Å². The van der Waals surface area contributed by atoms with Crippen molar-refractivity contribution in [3.8, 4) is 0 Å². The summed E-state index contributed by atoms with van der Waals surface area (Å²) in [4.78, 5) is 38.1. The second kappa shape index (κ2) is 8.66. The number of hydrogen-bond acceptors (Lipinski definition) is 3. The first-order chi connectivity index (χ1) is 11.5. The first-order valence-electron chi connectivity index (χ1n) is 8.88. The Bertz CT molecular complexity index is 651. The van der Waals surface area contributed by atoms with E-state index in [0.717, 1.165) is 43.4 Å². The smallest absolute Gasteiger partial charge is 0.261 e. The maximum Gasteiger partial charge on any atom is 0.261 e. The van der Waals surface area contributed by atoms with Crippen LogP contribution in [0, 0.1) is 0 Å². The molecule has 1 unspecified atom stereocenters. The van der Waals surface area contributed by atoms with Crippen molar-refractivity contribution in [2.75, 3.05) is 0 Å². The van der Waals surface area contributed by atoms with E-state index in [2.05, 4.69) is 17.2 Å². The summed E-state index contributed by atoms with van der Waals surface area (Å²) in [7, 11) is 0. The Balaban J connectivity index is 2.01. The van der Waals surface area contributed by atoms with Crippen molar-refractivity contribution in [3.05, 3.63) is 33.2 Å². The summed E-state index contributed by atoms with van der Waals surface area (Å²) < 4.78 is 0. The monoisotopic (exact) mass is 333 g/mol. The van der Waals surface area contributed by atoms with Crippen LogP contribution in [0.4, 0.5) is 0 Å². The number of nitrogens with two attached hydrogens (primary N) is 1. The molecule has 0 saturated heterocycles. The predicted octanol–water partition coefficient (Wildman–Crippen LogP) is 2.33. The van der Waals surface area contributed by atoms with Crippen molar-refractivity contribution in [2.24, 2.45) is 5.73 Å². The molecule has 1 atom stereocenters. The number of fused-ring (bicyclic) bond motifs is 1. The van der Waals surface area contributed by atoms with Crippen LogP contribution in [0.3, 0.4) is 0 Å². The molecule has 1 aliphatic rings. The minimum absolute atomic E-state index is 0.0242. The third-order valence-electron chi connectivity index (χ3n) is 4.56. The highest BCUT2D eigenvalue weighted by Gasteiger charge is 2.24. The predicted molar refractivity (Wildman–Crippen MR) is 92.8 cm³/mol. The van der Waals surface area contributed by atoms with Gasteiger partial charge < -0.3 is 16.0 Å². The third-order valence-corrected chi connectivity index (χ3v) is 4.56. The molecule has 0 saturated carbocycles. The van der Waals surface area contributed by atoms with Crippen LogP contribution in [0.15, 0.2) is 10.9 Å². The molecule has 0 aromatic carbocycles. The Morgan fingerprint density at radius 1 is 1.29 bits per heavy atom. The van der Waals surface area contributed by atoms with Gasteiger partial charge >= 0.3 is 0 Å². The number of carbonyl (C=O) groups excluding carboxylic acids is 2. The topological polar surface area (TPSA) is 105 Å². The largest absolute Gasteiger partial charge is 0.365 e. The molecule has 1 aromatic heterocycles. The van der Waals surface area contributed by atoms with E-state index in [1.54, 1.807) is 6.07 Å². The molecule has 132 valence electrons. The van der Waals surface area contributed by atoms with E-state index in [9.17, 15) is 14.4 Å². The third kappa shape index (κ3) is 4.69. The van der Waals surface area contributed by atoms with E-state index in [0.29, 0.717) is 6.42 Å². The summed E-state index contributed by atoms with van der Waals surface area (Å²) in [5.74, 6) is -0.721. The Kier molecular flexibility index (Phi) is 6.58. The number of pyridine rings is 1. The molecule has 6 nitrogen and oxygen atoms in total. The van der Waals surface area contributed by atoms with Crippen molar-refractivity contribution < 1.29 is 9.59 Å². The van der Waals surface area contributed by atoms with Crippen LogP contribution in [0.25, 0.3) is 0 Å². The van der Waals surface area contributed by atoms with Crippen LogP contribution in [0.5, 0.6) is 0 Å². The van der Waals surface area contributed by atoms with Gasteiger partial charge in [0.05, 0.1) is 6.04 Å². The van der Waals surface area contributed by atoms with Crippen LogP contribution in [0.2, 0.25) is 0 Å². The van der Waals surface area contributed by atoms with Gasteiger partial charge in [0, 0.05) is 12.1 Å². The van der Waals surface area contributed by atoms with Gasteiger partial charge in [-0.05, 0) is 37.3 Å². The van der Waals surface area contributed by atoms with Crippen molar-refractivity contribution in [2.45, 2.75) is 70.8 Å². The van der Waals surface area contributed by atoms with Gasteiger partial charge in [-0.25, -0.2) is 0 Å². The molecule has 4 N–H and O–H groups in total. The number of nitrogens with one attached hydrogen (secondary N) is 2. The molecule has 2 amide bonds. The van der Waals surface area contributed by atoms with Gasteiger partial charge in [-0.2, -0.15) is 0 Å². The summed E-state index contributed by atoms with van der Waals surface area (Å²) in [5, 5.41) is 3.04. The minimum Gasteiger partial charge on any atom is -0.365 e. The van der Waals surface area contributed by atoms with Gasteiger partial charge in [-0.3, -0.25) is 14.4 Å². The molecule has 0 spiro atoms. The van der Waals surface area contributed by atoms with Crippen molar-refractivity contribution >= 4 is 11.8 Å². The Hall–Kier alpha value is -2.11. The summed E-state index contributed by atoms with van der Waals surface area (Å²) in [6.07, 6.45) is 8.48. The minimum atomic E-state index is -0.745. The van der Waals surface area contributed by atoms with Crippen LogP contribution < -0.4 is 16.6 Å². The number of H-pyrrole nitrogens is 1. The zero-order valence-corrected chi connectivity index (χ0v) is 14.3. The van der Waals surface area contributed by atoms with Gasteiger partial charge in [0.15, 0.2) is 0 Å². The first-order valence-corrected chi connectivity index (χ1v) is 8.88. The fourth-order valence-corrected chi connectivity index (χ4v) is 3.23. The normalized spacial score (nSPS) is 16.5. The average molecular weight is 333 g/mol. The van der Waals surface area contributed by atoms with Gasteiger partial charge in [-0.1, -0.05) is 32.6 Å². The maximum absolute atomic E-state index is 12.2. The van der Waals surface area contributed by atoms with Gasteiger partial charge in [-0.15, -0.1) is 0 Å². The molecular formula is C18H27N3O3. The second-order valence-electron chi connectivity index (χ2n) is 6.49. The van der Waals surface area contributed by atoms with Crippen molar-refractivity contribution in [1.82, 2.24) is 10.3 Å². The zero-order valence-electron chi connectivity index (χ0n) is 14.3. The number of primary amides is 1. The summed E-state index contributed by atoms with van der Waals surface area (Å²) in [6, 6.07) is 1.38. The second-order valence-corrected chi connectivity index (χ2v) is 6.49. The van der Waals surface area contributed by atoms with Gasteiger partial charge in [0.2, 0.25) is 5.91 Å². The lowest BCUT2D eigenvalue weighted by molar-refractivity contribution is -0.122. The standard InChI is InChI=1S/C18H27N3O3/c1-2-3-4-5-6-10-16(22)20-14-8-7-9-15-12(14)11-13(17(19)23)18(24)21-15/h11,14H,2-10H2,1H3,(H2,19,23)(H,20,22)(H,21,24). The molecule has 0 radical (unpaired) electrons. The lowest BCUT2D eigenvalue weighted by Gasteiger charge is -2.26. The SMILES string of the molecule is CCCCCCCC(=O)NC1CCCc2[nH]c(=O)c(C(N)=O)cc21. The van der Waals surface area contributed by atoms with Gasteiger partial charge in [0.25, 0.3) is 11.5 Å². The van der Waals surface area contributed by atoms with E-state index < -0.39 is 11.5 Å². The molecule has 1 heterocycles. The van der Waals surface area contributed by atoms with E-state index in [1.807, 2.05) is 0 Å². The maximum atomic E-state index is 12.2. The summed E-state index contributed by atoms with van der Waals surface area (Å²) in [6.45, 7) is 2.16. The number of hydrogen-bond donors (Lipinski definition) is 3. The Morgan fingerprint density at radius 3 is 2.75 bits per heavy atom. The van der Waals surface area contributed by atoms with Crippen molar-refractivity contribution in [1.29, 1.82) is 0 Å². The lowest BCUT2D eigenvalue weighted by atomic mass is 9.90. The number of aryl methyl sites for hydroxylation is 1. The number of unbranched alkanes of at least 4 members (excludes halogenated alkanes) is 4. The number of rotatable bonds is 8. The summed E-state index contributed by atoms with van der Waals surface area (Å²) in [5.41, 5.74) is 6.36. The fourth-order valence-electron chi connectivity index (χ4n) is 3.23. The van der Waals surface area contributed by atoms with Gasteiger partial charge in [0.1, 0.15) is 5.56 Å². The van der Waals surface area contributed by atoms with Crippen LogP contribution in [-0.4, -0.2) is 16.8 Å². The van der Waals surface area contributed by atoms with E-state index in [4.69, 9.17) is 5.73 Å². The highest BCUT2D eigenvalue weighted by Crippen LogP contribution is 2.28. The molecule has 0 fully saturated rings. The molecule has 1 aliphatic carbocycles. The van der Waals surface area contributed by atoms with Crippen molar-refractivity contribution in [3.63, 3.8) is 0 Å². The lowest BCUT2D eigenvalue weighted by Crippen LogP contribution is -2.34. The number of carbonyl (C=O) groups is 2. The van der Waals surface area contributed by atoms with Crippen LogP contribution >= 0.6 is 0 Å². The molecule has 24 heavy (non-hydrogen) atoms. The molecule has 0 bridgehead atoms. The Morgan fingerprint density at radius 2 is 2.04 bits per heavy atom. The quantitative estimate of drug-likeness (QED) is 0.636. The molecule has 2 rings (SSSR count). The molecular weight excluding hydrogens is 306 g/mol. The first kappa shape index (κ1) is 18.2. The molecule has 6 heteroatoms. The average Bonchev–Trinajstić information content (AvgIpc) is 2.54. The highest BCUT2D eigenvalue weighted by molar-refractivity contribution is 5.92. The molecule has 1 aromatic rings. The van der Waals surface area contributed by atoms with E-state index in [1.165, 1.54) is 19.3 Å². The number of aromatic amines is 1. The van der Waals surface area contributed by atoms with Crippen LogP contribution in [0.1, 0.15) is 85.9 Å².